The molecule has 0 spiro atoms. The van der Waals surface area contributed by atoms with Crippen molar-refractivity contribution in [1.29, 1.82) is 0 Å². The number of pyridine rings is 1. The molecule has 0 atom stereocenters. The van der Waals surface area contributed by atoms with Crippen LogP contribution in [0, 0.1) is 13.8 Å². The van der Waals surface area contributed by atoms with E-state index in [0.717, 1.165) is 0 Å². The first-order chi connectivity index (χ1) is 7.18. The monoisotopic (exact) mass is 198 g/mol. The van der Waals surface area contributed by atoms with E-state index in [0.29, 0.717) is 0 Å². The van der Waals surface area contributed by atoms with Crippen LogP contribution in [0.3, 0.4) is 0 Å². The summed E-state index contributed by atoms with van der Waals surface area (Å²) in [6, 6.07) is 12.9. The zero-order valence-electron chi connectivity index (χ0n) is 9.49. The Hall–Kier alpha value is -1.63. The summed E-state index contributed by atoms with van der Waals surface area (Å²) >= 11 is 0. The van der Waals surface area contributed by atoms with Crippen LogP contribution in [0.5, 0.6) is 0 Å². The Balaban J connectivity index is 2.60. The highest BCUT2D eigenvalue weighted by Crippen LogP contribution is 2.20. The SMILES string of the molecule is Cc1ccc(-c2cccc[n+]2C)c(C)c1. The van der Waals surface area contributed by atoms with E-state index in [1.807, 2.05) is 6.07 Å². The first-order valence-corrected chi connectivity index (χ1v) is 5.21. The zero-order valence-corrected chi connectivity index (χ0v) is 9.49. The van der Waals surface area contributed by atoms with Gasteiger partial charge in [-0.05, 0) is 31.5 Å². The second-order valence-electron chi connectivity index (χ2n) is 4.02. The zero-order chi connectivity index (χ0) is 10.8. The lowest BCUT2D eigenvalue weighted by atomic mass is 10.0. The smallest absolute Gasteiger partial charge is 0.201 e. The van der Waals surface area contributed by atoms with Crippen molar-refractivity contribution in [2.45, 2.75) is 13.8 Å². The molecule has 2 rings (SSSR count). The molecule has 0 amide bonds. The van der Waals surface area contributed by atoms with Gasteiger partial charge < -0.3 is 0 Å². The van der Waals surface area contributed by atoms with Gasteiger partial charge in [0.1, 0.15) is 7.05 Å². The van der Waals surface area contributed by atoms with Crippen molar-refractivity contribution in [3.8, 4) is 11.3 Å². The van der Waals surface area contributed by atoms with E-state index in [2.05, 4.69) is 62.0 Å². The lowest BCUT2D eigenvalue weighted by Crippen LogP contribution is -2.30. The minimum atomic E-state index is 1.26. The van der Waals surface area contributed by atoms with E-state index < -0.39 is 0 Å². The van der Waals surface area contributed by atoms with Crippen LogP contribution in [0.2, 0.25) is 0 Å². The molecule has 1 heteroatoms. The molecule has 0 aliphatic rings. The van der Waals surface area contributed by atoms with Gasteiger partial charge in [-0.3, -0.25) is 0 Å². The first kappa shape index (κ1) is 9.91. The van der Waals surface area contributed by atoms with Crippen LogP contribution < -0.4 is 4.57 Å². The summed E-state index contributed by atoms with van der Waals surface area (Å²) in [6.45, 7) is 4.29. The van der Waals surface area contributed by atoms with Gasteiger partial charge in [0, 0.05) is 17.7 Å². The van der Waals surface area contributed by atoms with Crippen LogP contribution in [-0.2, 0) is 7.05 Å². The van der Waals surface area contributed by atoms with Crippen molar-refractivity contribution in [2.75, 3.05) is 0 Å². The lowest BCUT2D eigenvalue weighted by molar-refractivity contribution is -0.660. The van der Waals surface area contributed by atoms with Gasteiger partial charge in [0.25, 0.3) is 0 Å². The Bertz CT molecular complexity index is 486. The molecule has 0 aliphatic heterocycles. The summed E-state index contributed by atoms with van der Waals surface area (Å²) in [4.78, 5) is 0. The van der Waals surface area contributed by atoms with E-state index in [1.165, 1.54) is 22.4 Å². The molecule has 0 N–H and O–H groups in total. The van der Waals surface area contributed by atoms with Crippen molar-refractivity contribution in [2.24, 2.45) is 7.05 Å². The number of aryl methyl sites for hydroxylation is 3. The van der Waals surface area contributed by atoms with Crippen molar-refractivity contribution in [1.82, 2.24) is 0 Å². The molecule has 2 aromatic rings. The molecule has 0 aliphatic carbocycles. The Morgan fingerprint density at radius 1 is 1.00 bits per heavy atom. The molecule has 15 heavy (non-hydrogen) atoms. The van der Waals surface area contributed by atoms with Crippen molar-refractivity contribution < 1.29 is 4.57 Å². The average Bonchev–Trinajstić information content (AvgIpc) is 2.20. The van der Waals surface area contributed by atoms with Gasteiger partial charge in [0.15, 0.2) is 6.20 Å². The topological polar surface area (TPSA) is 3.88 Å². The number of hydrogen-bond donors (Lipinski definition) is 0. The van der Waals surface area contributed by atoms with Gasteiger partial charge in [-0.1, -0.05) is 17.7 Å². The number of benzene rings is 1. The summed E-state index contributed by atoms with van der Waals surface area (Å²) in [5, 5.41) is 0. The van der Waals surface area contributed by atoms with Crippen LogP contribution in [0.4, 0.5) is 0 Å². The molecule has 0 saturated carbocycles. The van der Waals surface area contributed by atoms with E-state index in [4.69, 9.17) is 0 Å². The van der Waals surface area contributed by atoms with Gasteiger partial charge in [-0.2, -0.15) is 0 Å². The molecule has 76 valence electrons. The largest absolute Gasteiger partial charge is 0.212 e. The quantitative estimate of drug-likeness (QED) is 0.620. The van der Waals surface area contributed by atoms with Gasteiger partial charge in [0.2, 0.25) is 5.69 Å². The van der Waals surface area contributed by atoms with E-state index >= 15 is 0 Å². The molecule has 0 fully saturated rings. The Labute approximate surface area is 91.0 Å². The highest BCUT2D eigenvalue weighted by Gasteiger charge is 2.10. The van der Waals surface area contributed by atoms with E-state index in [-0.39, 0.29) is 0 Å². The van der Waals surface area contributed by atoms with Gasteiger partial charge in [0.05, 0.1) is 0 Å². The predicted octanol–water partition coefficient (Wildman–Crippen LogP) is 2.79. The average molecular weight is 198 g/mol. The summed E-state index contributed by atoms with van der Waals surface area (Å²) in [6.07, 6.45) is 2.08. The maximum absolute atomic E-state index is 2.22. The minimum absolute atomic E-state index is 1.26. The molecule has 0 saturated heterocycles. The fourth-order valence-electron chi connectivity index (χ4n) is 1.90. The molecule has 1 nitrogen and oxygen atoms in total. The molecule has 1 heterocycles. The maximum Gasteiger partial charge on any atom is 0.212 e. The highest BCUT2D eigenvalue weighted by atomic mass is 14.9. The van der Waals surface area contributed by atoms with Crippen LogP contribution in [0.1, 0.15) is 11.1 Å². The standard InChI is InChI=1S/C14H16N/c1-11-7-8-13(12(2)10-11)14-6-4-5-9-15(14)3/h4-10H,1-3H3/q+1. The summed E-state index contributed by atoms with van der Waals surface area (Å²) < 4.78 is 2.15. The molecule has 0 radical (unpaired) electrons. The van der Waals surface area contributed by atoms with Crippen molar-refractivity contribution in [3.63, 3.8) is 0 Å². The highest BCUT2D eigenvalue weighted by molar-refractivity contribution is 5.61. The fraction of sp³-hybridized carbons (Fsp3) is 0.214. The maximum atomic E-state index is 2.22. The Morgan fingerprint density at radius 2 is 1.80 bits per heavy atom. The van der Waals surface area contributed by atoms with Gasteiger partial charge in [-0.15, -0.1) is 0 Å². The summed E-state index contributed by atoms with van der Waals surface area (Å²) in [5.41, 5.74) is 5.21. The summed E-state index contributed by atoms with van der Waals surface area (Å²) in [5.74, 6) is 0. The lowest BCUT2D eigenvalue weighted by Gasteiger charge is -2.04. The van der Waals surface area contributed by atoms with E-state index in [1.54, 1.807) is 0 Å². The molecule has 1 aromatic carbocycles. The number of nitrogens with zero attached hydrogens (tertiary/aromatic N) is 1. The minimum Gasteiger partial charge on any atom is -0.201 e. The second kappa shape index (κ2) is 3.85. The first-order valence-electron chi connectivity index (χ1n) is 5.21. The fourth-order valence-corrected chi connectivity index (χ4v) is 1.90. The number of rotatable bonds is 1. The van der Waals surface area contributed by atoms with Crippen LogP contribution in [-0.4, -0.2) is 0 Å². The molecule has 1 aromatic heterocycles. The van der Waals surface area contributed by atoms with Gasteiger partial charge >= 0.3 is 0 Å². The van der Waals surface area contributed by atoms with Gasteiger partial charge in [-0.25, -0.2) is 4.57 Å². The Morgan fingerprint density at radius 3 is 2.47 bits per heavy atom. The van der Waals surface area contributed by atoms with Crippen LogP contribution >= 0.6 is 0 Å². The summed E-state index contributed by atoms with van der Waals surface area (Å²) in [7, 11) is 2.08. The molecular formula is C14H16N+. The normalized spacial score (nSPS) is 10.3. The van der Waals surface area contributed by atoms with Crippen LogP contribution in [0.25, 0.3) is 11.3 Å². The van der Waals surface area contributed by atoms with Crippen molar-refractivity contribution >= 4 is 0 Å². The third kappa shape index (κ3) is 1.91. The third-order valence-corrected chi connectivity index (χ3v) is 2.71. The molecule has 0 bridgehead atoms. The second-order valence-corrected chi connectivity index (χ2v) is 4.02. The Kier molecular flexibility index (Phi) is 2.55. The molecular weight excluding hydrogens is 182 g/mol. The third-order valence-electron chi connectivity index (χ3n) is 2.71. The predicted molar refractivity (Wildman–Crippen MR) is 62.5 cm³/mol. The number of aromatic nitrogens is 1. The van der Waals surface area contributed by atoms with Crippen LogP contribution in [0.15, 0.2) is 42.6 Å². The van der Waals surface area contributed by atoms with E-state index in [9.17, 15) is 0 Å². The number of hydrogen-bond acceptors (Lipinski definition) is 0. The molecule has 0 unspecified atom stereocenters. The van der Waals surface area contributed by atoms with Crippen molar-refractivity contribution in [3.05, 3.63) is 53.7 Å².